The van der Waals surface area contributed by atoms with Crippen molar-refractivity contribution in [3.8, 4) is 0 Å². The molecule has 0 spiro atoms. The summed E-state index contributed by atoms with van der Waals surface area (Å²) in [6.07, 6.45) is 3.77. The lowest BCUT2D eigenvalue weighted by Crippen LogP contribution is -2.33. The number of rotatable bonds is 0. The van der Waals surface area contributed by atoms with Crippen molar-refractivity contribution in [2.45, 2.75) is 39.2 Å². The van der Waals surface area contributed by atoms with E-state index in [-0.39, 0.29) is 11.5 Å². The Morgan fingerprint density at radius 2 is 2.00 bits per heavy atom. The molecule has 3 atom stereocenters. The van der Waals surface area contributed by atoms with Crippen molar-refractivity contribution in [1.82, 2.24) is 0 Å². The molecule has 0 bridgehead atoms. The predicted octanol–water partition coefficient (Wildman–Crippen LogP) is 1.80. The summed E-state index contributed by atoms with van der Waals surface area (Å²) < 4.78 is 0. The topological polar surface area (TPSA) is 20.2 Å². The number of fused-ring (bicyclic) bond motifs is 1. The highest BCUT2D eigenvalue weighted by Crippen LogP contribution is 2.56. The van der Waals surface area contributed by atoms with Gasteiger partial charge in [-0.3, -0.25) is 0 Å². The fraction of sp³-hybridized carbons (Fsp3) is 1.00. The van der Waals surface area contributed by atoms with Crippen LogP contribution in [0, 0.1) is 17.3 Å². The summed E-state index contributed by atoms with van der Waals surface area (Å²) in [5.41, 5.74) is 0.225. The Hall–Kier alpha value is -0.0400. The van der Waals surface area contributed by atoms with Crippen LogP contribution in [0.15, 0.2) is 0 Å². The third-order valence-electron chi connectivity index (χ3n) is 3.76. The molecule has 0 amide bonds. The molecule has 1 nitrogen and oxygen atoms in total. The Bertz CT molecular complexity index is 151. The first kappa shape index (κ1) is 6.66. The lowest BCUT2D eigenvalue weighted by molar-refractivity contribution is 0.0360. The third-order valence-corrected chi connectivity index (χ3v) is 3.76. The molecule has 1 N–H and O–H groups in total. The molecule has 1 unspecified atom stereocenters. The Labute approximate surface area is 62.4 Å². The molecule has 2 aliphatic rings. The number of hydrogen-bond donors (Lipinski definition) is 1. The van der Waals surface area contributed by atoms with Crippen LogP contribution < -0.4 is 0 Å². The van der Waals surface area contributed by atoms with E-state index in [4.69, 9.17) is 0 Å². The third kappa shape index (κ3) is 0.619. The van der Waals surface area contributed by atoms with Crippen molar-refractivity contribution in [2.24, 2.45) is 17.3 Å². The second kappa shape index (κ2) is 1.76. The zero-order chi connectivity index (χ0) is 7.35. The maximum atomic E-state index is 9.64. The van der Waals surface area contributed by atoms with Crippen molar-refractivity contribution in [3.05, 3.63) is 0 Å². The lowest BCUT2D eigenvalue weighted by Gasteiger charge is -2.39. The SMILES string of the molecule is CC1(C)C(O)C[C@H]2CC[C@H]21. The molecular formula is C9H16O. The van der Waals surface area contributed by atoms with Gasteiger partial charge in [-0.1, -0.05) is 13.8 Å². The summed E-state index contributed by atoms with van der Waals surface area (Å²) >= 11 is 0. The van der Waals surface area contributed by atoms with Gasteiger partial charge in [0.15, 0.2) is 0 Å². The monoisotopic (exact) mass is 140 g/mol. The van der Waals surface area contributed by atoms with Crippen LogP contribution in [-0.4, -0.2) is 11.2 Å². The van der Waals surface area contributed by atoms with Gasteiger partial charge in [0.05, 0.1) is 6.10 Å². The van der Waals surface area contributed by atoms with Crippen LogP contribution in [0.25, 0.3) is 0 Å². The molecule has 2 aliphatic carbocycles. The molecule has 0 heterocycles. The van der Waals surface area contributed by atoms with Crippen molar-refractivity contribution in [3.63, 3.8) is 0 Å². The van der Waals surface area contributed by atoms with Crippen LogP contribution in [0.5, 0.6) is 0 Å². The summed E-state index contributed by atoms with van der Waals surface area (Å²) in [6, 6.07) is 0. The average molecular weight is 140 g/mol. The van der Waals surface area contributed by atoms with E-state index < -0.39 is 0 Å². The number of hydrogen-bond acceptors (Lipinski definition) is 1. The zero-order valence-corrected chi connectivity index (χ0v) is 6.80. The maximum absolute atomic E-state index is 9.64. The smallest absolute Gasteiger partial charge is 0.0596 e. The minimum atomic E-state index is -0.0231. The van der Waals surface area contributed by atoms with Gasteiger partial charge < -0.3 is 5.11 Å². The Morgan fingerprint density at radius 1 is 1.30 bits per heavy atom. The van der Waals surface area contributed by atoms with Gasteiger partial charge in [-0.05, 0) is 36.5 Å². The van der Waals surface area contributed by atoms with E-state index in [0.717, 1.165) is 18.3 Å². The van der Waals surface area contributed by atoms with E-state index in [9.17, 15) is 5.11 Å². The van der Waals surface area contributed by atoms with Crippen LogP contribution in [0.3, 0.4) is 0 Å². The van der Waals surface area contributed by atoms with E-state index in [2.05, 4.69) is 13.8 Å². The van der Waals surface area contributed by atoms with E-state index >= 15 is 0 Å². The first-order valence-electron chi connectivity index (χ1n) is 4.30. The van der Waals surface area contributed by atoms with Crippen LogP contribution in [0.2, 0.25) is 0 Å². The molecule has 10 heavy (non-hydrogen) atoms. The molecule has 2 saturated carbocycles. The molecule has 0 aromatic heterocycles. The molecule has 0 aliphatic heterocycles. The minimum Gasteiger partial charge on any atom is -0.393 e. The summed E-state index contributed by atoms with van der Waals surface area (Å²) in [5.74, 6) is 1.70. The van der Waals surface area contributed by atoms with Gasteiger partial charge in [0.2, 0.25) is 0 Å². The first-order chi connectivity index (χ1) is 4.62. The number of aliphatic hydroxyl groups is 1. The highest BCUT2D eigenvalue weighted by molar-refractivity contribution is 5.02. The quantitative estimate of drug-likeness (QED) is 0.544. The van der Waals surface area contributed by atoms with Gasteiger partial charge in [-0.2, -0.15) is 0 Å². The van der Waals surface area contributed by atoms with E-state index in [0.29, 0.717) is 0 Å². The fourth-order valence-electron chi connectivity index (χ4n) is 2.67. The highest BCUT2D eigenvalue weighted by atomic mass is 16.3. The summed E-state index contributed by atoms with van der Waals surface area (Å²) in [4.78, 5) is 0. The highest BCUT2D eigenvalue weighted by Gasteiger charge is 2.52. The summed E-state index contributed by atoms with van der Waals surface area (Å²) in [7, 11) is 0. The summed E-state index contributed by atoms with van der Waals surface area (Å²) in [6.45, 7) is 4.42. The molecule has 2 rings (SSSR count). The first-order valence-corrected chi connectivity index (χ1v) is 4.30. The Kier molecular flexibility index (Phi) is 1.17. The van der Waals surface area contributed by atoms with Crippen molar-refractivity contribution >= 4 is 0 Å². The second-order valence-electron chi connectivity index (χ2n) is 4.52. The van der Waals surface area contributed by atoms with Crippen molar-refractivity contribution in [2.75, 3.05) is 0 Å². The van der Waals surface area contributed by atoms with E-state index in [1.807, 2.05) is 0 Å². The lowest BCUT2D eigenvalue weighted by atomic mass is 9.67. The Morgan fingerprint density at radius 3 is 2.20 bits per heavy atom. The normalized spacial score (nSPS) is 50.1. The second-order valence-corrected chi connectivity index (χ2v) is 4.52. The largest absolute Gasteiger partial charge is 0.393 e. The van der Waals surface area contributed by atoms with Crippen LogP contribution in [0.1, 0.15) is 33.1 Å². The van der Waals surface area contributed by atoms with Crippen LogP contribution in [-0.2, 0) is 0 Å². The van der Waals surface area contributed by atoms with Gasteiger partial charge in [0.1, 0.15) is 0 Å². The molecule has 0 radical (unpaired) electrons. The molecule has 1 heteroatoms. The van der Waals surface area contributed by atoms with E-state index in [1.165, 1.54) is 12.8 Å². The van der Waals surface area contributed by atoms with Crippen molar-refractivity contribution in [1.29, 1.82) is 0 Å². The van der Waals surface area contributed by atoms with Gasteiger partial charge >= 0.3 is 0 Å². The summed E-state index contributed by atoms with van der Waals surface area (Å²) in [5, 5.41) is 9.64. The standard InChI is InChI=1S/C9H16O/c1-9(2)7-4-3-6(7)5-8(9)10/h6-8,10H,3-5H2,1-2H3/t6-,7-,8?/m1/s1. The number of aliphatic hydroxyl groups excluding tert-OH is 1. The minimum absolute atomic E-state index is 0.0231. The van der Waals surface area contributed by atoms with Crippen molar-refractivity contribution < 1.29 is 5.11 Å². The Balaban J connectivity index is 2.19. The molecule has 0 saturated heterocycles. The van der Waals surface area contributed by atoms with Gasteiger partial charge in [-0.25, -0.2) is 0 Å². The van der Waals surface area contributed by atoms with Crippen LogP contribution in [0.4, 0.5) is 0 Å². The maximum Gasteiger partial charge on any atom is 0.0596 e. The van der Waals surface area contributed by atoms with Gasteiger partial charge in [0, 0.05) is 0 Å². The van der Waals surface area contributed by atoms with Crippen LogP contribution >= 0.6 is 0 Å². The predicted molar refractivity (Wildman–Crippen MR) is 40.6 cm³/mol. The van der Waals surface area contributed by atoms with Gasteiger partial charge in [0.25, 0.3) is 0 Å². The molecule has 58 valence electrons. The molecule has 0 aromatic carbocycles. The molecule has 2 fully saturated rings. The van der Waals surface area contributed by atoms with Gasteiger partial charge in [-0.15, -0.1) is 0 Å². The zero-order valence-electron chi connectivity index (χ0n) is 6.80. The fourth-order valence-corrected chi connectivity index (χ4v) is 2.67. The van der Waals surface area contributed by atoms with E-state index in [1.54, 1.807) is 0 Å². The molecular weight excluding hydrogens is 124 g/mol. The molecule has 0 aromatic rings. The average Bonchev–Trinajstić information content (AvgIpc) is 1.88.